The van der Waals surface area contributed by atoms with Crippen LogP contribution < -0.4 is 11.1 Å². The fourth-order valence-electron chi connectivity index (χ4n) is 2.13. The Bertz CT molecular complexity index is 676. The number of rotatable bonds is 3. The molecule has 0 fully saturated rings. The van der Waals surface area contributed by atoms with E-state index in [1.807, 2.05) is 0 Å². The molecular formula is C16H16F2N2O. The molecular weight excluding hydrogens is 274 g/mol. The lowest BCUT2D eigenvalue weighted by atomic mass is 10.1. The molecule has 0 saturated carbocycles. The van der Waals surface area contributed by atoms with Crippen LogP contribution in [0.2, 0.25) is 0 Å². The highest BCUT2D eigenvalue weighted by atomic mass is 19.1. The molecule has 2 aromatic rings. The van der Waals surface area contributed by atoms with Crippen molar-refractivity contribution < 1.29 is 13.6 Å². The summed E-state index contributed by atoms with van der Waals surface area (Å²) in [5.41, 5.74) is 7.41. The molecule has 0 aliphatic rings. The van der Waals surface area contributed by atoms with Gasteiger partial charge in [-0.15, -0.1) is 0 Å². The molecule has 0 aliphatic heterocycles. The molecule has 2 aromatic carbocycles. The molecule has 0 bridgehead atoms. The first-order chi connectivity index (χ1) is 9.88. The summed E-state index contributed by atoms with van der Waals surface area (Å²) in [5, 5.41) is 2.61. The van der Waals surface area contributed by atoms with Crippen LogP contribution in [0.4, 0.5) is 14.5 Å². The van der Waals surface area contributed by atoms with E-state index in [-0.39, 0.29) is 23.6 Å². The van der Waals surface area contributed by atoms with E-state index in [4.69, 9.17) is 5.73 Å². The van der Waals surface area contributed by atoms with Gasteiger partial charge < -0.3 is 11.1 Å². The first kappa shape index (κ1) is 15.0. The normalized spacial score (nSPS) is 10.5. The van der Waals surface area contributed by atoms with Gasteiger partial charge in [-0.3, -0.25) is 4.79 Å². The highest BCUT2D eigenvalue weighted by Crippen LogP contribution is 2.15. The summed E-state index contributed by atoms with van der Waals surface area (Å²) in [6.45, 7) is 3.52. The van der Waals surface area contributed by atoms with E-state index >= 15 is 0 Å². The molecule has 0 unspecified atom stereocenters. The highest BCUT2D eigenvalue weighted by molar-refractivity contribution is 5.94. The van der Waals surface area contributed by atoms with Gasteiger partial charge in [0.15, 0.2) is 0 Å². The van der Waals surface area contributed by atoms with Crippen LogP contribution in [-0.4, -0.2) is 5.91 Å². The Morgan fingerprint density at radius 2 is 1.76 bits per heavy atom. The minimum Gasteiger partial charge on any atom is -0.399 e. The molecule has 0 radical (unpaired) electrons. The second-order valence-electron chi connectivity index (χ2n) is 4.97. The average Bonchev–Trinajstić information content (AvgIpc) is 2.42. The number of anilines is 1. The summed E-state index contributed by atoms with van der Waals surface area (Å²) >= 11 is 0. The summed E-state index contributed by atoms with van der Waals surface area (Å²) < 4.78 is 27.1. The van der Waals surface area contributed by atoms with Gasteiger partial charge in [-0.2, -0.15) is 0 Å². The Balaban J connectivity index is 2.11. The van der Waals surface area contributed by atoms with Gasteiger partial charge in [-0.25, -0.2) is 8.78 Å². The Labute approximate surface area is 121 Å². The number of amides is 1. The minimum absolute atomic E-state index is 0.0697. The number of nitrogen functional groups attached to an aromatic ring is 1. The molecule has 5 heteroatoms. The van der Waals surface area contributed by atoms with Crippen LogP contribution in [0.15, 0.2) is 30.3 Å². The van der Waals surface area contributed by atoms with Gasteiger partial charge in [0.2, 0.25) is 0 Å². The number of nitrogens with one attached hydrogen (secondary N) is 1. The van der Waals surface area contributed by atoms with Crippen molar-refractivity contribution in [1.82, 2.24) is 5.32 Å². The zero-order valence-corrected chi connectivity index (χ0v) is 11.8. The lowest BCUT2D eigenvalue weighted by Gasteiger charge is -2.09. The number of nitrogens with two attached hydrogens (primary N) is 1. The van der Waals surface area contributed by atoms with Crippen molar-refractivity contribution in [1.29, 1.82) is 0 Å². The topological polar surface area (TPSA) is 55.1 Å². The van der Waals surface area contributed by atoms with Crippen molar-refractivity contribution in [2.75, 3.05) is 5.73 Å². The van der Waals surface area contributed by atoms with Crippen LogP contribution in [0, 0.1) is 25.5 Å². The lowest BCUT2D eigenvalue weighted by molar-refractivity contribution is 0.0947. The smallest absolute Gasteiger partial charge is 0.254 e. The van der Waals surface area contributed by atoms with E-state index in [9.17, 15) is 13.6 Å². The third-order valence-electron chi connectivity index (χ3n) is 3.19. The fourth-order valence-corrected chi connectivity index (χ4v) is 2.13. The number of aryl methyl sites for hydroxylation is 2. The zero-order valence-electron chi connectivity index (χ0n) is 11.8. The van der Waals surface area contributed by atoms with E-state index in [0.717, 1.165) is 11.6 Å². The molecule has 110 valence electrons. The number of halogens is 2. The first-order valence-electron chi connectivity index (χ1n) is 6.47. The van der Waals surface area contributed by atoms with Crippen molar-refractivity contribution in [2.45, 2.75) is 20.4 Å². The third-order valence-corrected chi connectivity index (χ3v) is 3.19. The van der Waals surface area contributed by atoms with E-state index in [0.29, 0.717) is 11.1 Å². The van der Waals surface area contributed by atoms with E-state index in [1.54, 1.807) is 26.0 Å². The van der Waals surface area contributed by atoms with Gasteiger partial charge >= 0.3 is 0 Å². The average molecular weight is 290 g/mol. The molecule has 1 amide bonds. The number of hydrogen-bond donors (Lipinski definition) is 2. The van der Waals surface area contributed by atoms with E-state index in [1.165, 1.54) is 12.1 Å². The predicted molar refractivity (Wildman–Crippen MR) is 77.9 cm³/mol. The second kappa shape index (κ2) is 5.91. The molecule has 2 rings (SSSR count). The van der Waals surface area contributed by atoms with Crippen LogP contribution in [0.5, 0.6) is 0 Å². The monoisotopic (exact) mass is 290 g/mol. The molecule has 3 N–H and O–H groups in total. The van der Waals surface area contributed by atoms with Crippen molar-refractivity contribution in [3.8, 4) is 0 Å². The number of benzene rings is 2. The maximum absolute atomic E-state index is 13.6. The molecule has 3 nitrogen and oxygen atoms in total. The molecule has 0 aromatic heterocycles. The van der Waals surface area contributed by atoms with Gasteiger partial charge in [0.1, 0.15) is 11.6 Å². The van der Waals surface area contributed by atoms with Crippen molar-refractivity contribution in [3.63, 3.8) is 0 Å². The first-order valence-corrected chi connectivity index (χ1v) is 6.47. The fraction of sp³-hybridized carbons (Fsp3) is 0.188. The van der Waals surface area contributed by atoms with Crippen LogP contribution >= 0.6 is 0 Å². The van der Waals surface area contributed by atoms with Gasteiger partial charge in [0.05, 0.1) is 5.56 Å². The molecule has 0 saturated heterocycles. The van der Waals surface area contributed by atoms with E-state index in [2.05, 4.69) is 5.32 Å². The van der Waals surface area contributed by atoms with Crippen LogP contribution in [0.3, 0.4) is 0 Å². The van der Waals surface area contributed by atoms with Gasteiger partial charge in [0, 0.05) is 12.2 Å². The minimum atomic E-state index is -0.668. The number of carbonyl (C=O) groups excluding carboxylic acids is 1. The predicted octanol–water partition coefficient (Wildman–Crippen LogP) is 3.09. The molecule has 0 atom stereocenters. The van der Waals surface area contributed by atoms with Crippen molar-refractivity contribution in [3.05, 3.63) is 64.2 Å². The SMILES string of the molecule is Cc1cc(CNC(=O)c2ccc(N)cc2F)cc(C)c1F. The summed E-state index contributed by atoms with van der Waals surface area (Å²) in [5.74, 6) is -1.46. The number of carbonyl (C=O) groups is 1. The Morgan fingerprint density at radius 1 is 1.14 bits per heavy atom. The largest absolute Gasteiger partial charge is 0.399 e. The maximum atomic E-state index is 13.6. The van der Waals surface area contributed by atoms with Crippen molar-refractivity contribution in [2.24, 2.45) is 0 Å². The Hall–Kier alpha value is -2.43. The molecule has 21 heavy (non-hydrogen) atoms. The quantitative estimate of drug-likeness (QED) is 0.853. The van der Waals surface area contributed by atoms with Gasteiger partial charge in [-0.1, -0.05) is 12.1 Å². The lowest BCUT2D eigenvalue weighted by Crippen LogP contribution is -2.24. The zero-order chi connectivity index (χ0) is 15.6. The third kappa shape index (κ3) is 3.37. The summed E-state index contributed by atoms with van der Waals surface area (Å²) in [7, 11) is 0. The van der Waals surface area contributed by atoms with Crippen LogP contribution in [0.1, 0.15) is 27.0 Å². The van der Waals surface area contributed by atoms with Crippen LogP contribution in [-0.2, 0) is 6.54 Å². The standard InChI is InChI=1S/C16H16F2N2O/c1-9-5-11(6-10(2)15(9)18)8-20-16(21)13-4-3-12(19)7-14(13)17/h3-7H,8,19H2,1-2H3,(H,20,21). The highest BCUT2D eigenvalue weighted by Gasteiger charge is 2.12. The summed E-state index contributed by atoms with van der Waals surface area (Å²) in [6, 6.07) is 7.20. The summed E-state index contributed by atoms with van der Waals surface area (Å²) in [4.78, 5) is 11.9. The van der Waals surface area contributed by atoms with Crippen LogP contribution in [0.25, 0.3) is 0 Å². The molecule has 0 heterocycles. The van der Waals surface area contributed by atoms with Gasteiger partial charge in [0.25, 0.3) is 5.91 Å². The number of hydrogen-bond acceptors (Lipinski definition) is 2. The molecule has 0 aliphatic carbocycles. The Kier molecular flexibility index (Phi) is 4.21. The Morgan fingerprint density at radius 3 is 2.33 bits per heavy atom. The molecule has 0 spiro atoms. The summed E-state index contributed by atoms with van der Waals surface area (Å²) in [6.07, 6.45) is 0. The van der Waals surface area contributed by atoms with E-state index < -0.39 is 11.7 Å². The maximum Gasteiger partial charge on any atom is 0.254 e. The van der Waals surface area contributed by atoms with Crippen molar-refractivity contribution >= 4 is 11.6 Å². The van der Waals surface area contributed by atoms with Gasteiger partial charge in [-0.05, 0) is 48.7 Å². The second-order valence-corrected chi connectivity index (χ2v) is 4.97.